The lowest BCUT2D eigenvalue weighted by Gasteiger charge is -2.18. The number of rotatable bonds is 3. The topological polar surface area (TPSA) is 88.9 Å². The van der Waals surface area contributed by atoms with Gasteiger partial charge < -0.3 is 10.6 Å². The minimum Gasteiger partial charge on any atom is -0.341 e. The van der Waals surface area contributed by atoms with Crippen LogP contribution in [0, 0.1) is 11.6 Å². The van der Waals surface area contributed by atoms with E-state index in [0.29, 0.717) is 12.1 Å². The van der Waals surface area contributed by atoms with Crippen molar-refractivity contribution >= 4 is 40.1 Å². The zero-order valence-corrected chi connectivity index (χ0v) is 18.8. The van der Waals surface area contributed by atoms with Gasteiger partial charge >= 0.3 is 6.18 Å². The number of alkyl halides is 3. The highest BCUT2D eigenvalue weighted by atomic mass is 35.5. The van der Waals surface area contributed by atoms with Crippen LogP contribution in [-0.4, -0.2) is 26.8 Å². The third-order valence-electron chi connectivity index (χ3n) is 5.61. The Morgan fingerprint density at radius 2 is 1.83 bits per heavy atom. The molecular weight excluding hydrogens is 509 g/mol. The first-order valence-corrected chi connectivity index (χ1v) is 10.6. The number of nitrogens with zero attached hydrogens (tertiary/aromatic N) is 3. The van der Waals surface area contributed by atoms with E-state index in [2.05, 4.69) is 20.8 Å². The van der Waals surface area contributed by atoms with Crippen molar-refractivity contribution in [1.82, 2.24) is 20.3 Å². The molecule has 184 valence electrons. The number of anilines is 1. The van der Waals surface area contributed by atoms with Crippen molar-refractivity contribution < 1.29 is 31.5 Å². The molecular formula is C23H13ClF5N5O2. The Labute approximate surface area is 203 Å². The average Bonchev–Trinajstić information content (AvgIpc) is 3.33. The molecule has 0 fully saturated rings. The van der Waals surface area contributed by atoms with Gasteiger partial charge in [-0.2, -0.15) is 28.2 Å². The molecule has 13 heteroatoms. The number of aromatic nitrogens is 3. The molecule has 0 radical (unpaired) electrons. The quantitative estimate of drug-likeness (QED) is 0.371. The molecule has 1 aromatic heterocycles. The van der Waals surface area contributed by atoms with E-state index in [1.54, 1.807) is 0 Å². The standard InChI is InChI=1S/C23H13ClF5N5O2/c1-34-32-16-8-15(30-21(35)9-4-10(23(27,28)29)6-12(26)5-9)17-18(20(16)33-34)22(36)31-19(17)13-7-11(25)2-3-14(13)24/h2-8,19H,1H3,(H,30,35)(H,31,36). The van der Waals surface area contributed by atoms with Crippen LogP contribution < -0.4 is 10.6 Å². The molecule has 0 saturated heterocycles. The van der Waals surface area contributed by atoms with Gasteiger partial charge in [0.1, 0.15) is 22.7 Å². The monoisotopic (exact) mass is 521 g/mol. The number of benzene rings is 3. The van der Waals surface area contributed by atoms with Gasteiger partial charge in [-0.05, 0) is 42.5 Å². The van der Waals surface area contributed by atoms with Crippen LogP contribution in [0.1, 0.15) is 43.4 Å². The summed E-state index contributed by atoms with van der Waals surface area (Å²) in [7, 11) is 1.50. The lowest BCUT2D eigenvalue weighted by Crippen LogP contribution is -2.21. The summed E-state index contributed by atoms with van der Waals surface area (Å²) in [5.41, 5.74) is -1.24. The maximum atomic E-state index is 14.0. The lowest BCUT2D eigenvalue weighted by atomic mass is 9.95. The predicted octanol–water partition coefficient (Wildman–Crippen LogP) is 5.00. The summed E-state index contributed by atoms with van der Waals surface area (Å²) in [6, 6.07) is 5.28. The van der Waals surface area contributed by atoms with Gasteiger partial charge in [0.2, 0.25) is 0 Å². The van der Waals surface area contributed by atoms with E-state index in [1.165, 1.54) is 24.0 Å². The fourth-order valence-corrected chi connectivity index (χ4v) is 4.36. The third-order valence-corrected chi connectivity index (χ3v) is 5.96. The molecule has 1 aliphatic heterocycles. The Morgan fingerprint density at radius 3 is 2.56 bits per heavy atom. The molecule has 1 unspecified atom stereocenters. The smallest absolute Gasteiger partial charge is 0.341 e. The van der Waals surface area contributed by atoms with Crippen LogP contribution in [0.5, 0.6) is 0 Å². The number of carbonyl (C=O) groups is 2. The minimum atomic E-state index is -4.88. The fourth-order valence-electron chi connectivity index (χ4n) is 4.13. The SMILES string of the molecule is Cn1nc2cc(NC(=O)c3cc(F)cc(C(F)(F)F)c3)c3c(c2n1)C(=O)NC3c1cc(F)ccc1Cl. The molecule has 36 heavy (non-hydrogen) atoms. The maximum Gasteiger partial charge on any atom is 0.416 e. The Morgan fingerprint density at radius 1 is 1.08 bits per heavy atom. The molecule has 0 bridgehead atoms. The van der Waals surface area contributed by atoms with Crippen LogP contribution in [0.15, 0.2) is 42.5 Å². The van der Waals surface area contributed by atoms with Gasteiger partial charge in [0.05, 0.1) is 17.2 Å². The van der Waals surface area contributed by atoms with E-state index in [0.717, 1.165) is 12.1 Å². The number of hydrogen-bond acceptors (Lipinski definition) is 4. The van der Waals surface area contributed by atoms with Crippen molar-refractivity contribution in [2.75, 3.05) is 5.32 Å². The first-order valence-electron chi connectivity index (χ1n) is 10.3. The maximum absolute atomic E-state index is 14.0. The molecule has 3 aromatic carbocycles. The van der Waals surface area contributed by atoms with Crippen LogP contribution in [-0.2, 0) is 13.2 Å². The average molecular weight is 522 g/mol. The highest BCUT2D eigenvalue weighted by Gasteiger charge is 2.38. The van der Waals surface area contributed by atoms with E-state index in [-0.39, 0.29) is 44.5 Å². The van der Waals surface area contributed by atoms with Crippen molar-refractivity contribution in [2.24, 2.45) is 7.05 Å². The van der Waals surface area contributed by atoms with E-state index in [4.69, 9.17) is 11.6 Å². The molecule has 1 aliphatic rings. The first kappa shape index (κ1) is 23.7. The number of fused-ring (bicyclic) bond motifs is 3. The van der Waals surface area contributed by atoms with E-state index < -0.39 is 46.8 Å². The van der Waals surface area contributed by atoms with E-state index in [1.807, 2.05) is 0 Å². The van der Waals surface area contributed by atoms with Gasteiger partial charge in [-0.3, -0.25) is 9.59 Å². The third kappa shape index (κ3) is 4.02. The highest BCUT2D eigenvalue weighted by molar-refractivity contribution is 6.31. The molecule has 2 amide bonds. The summed E-state index contributed by atoms with van der Waals surface area (Å²) in [5, 5.41) is 13.5. The summed E-state index contributed by atoms with van der Waals surface area (Å²) in [4.78, 5) is 27.1. The highest BCUT2D eigenvalue weighted by Crippen LogP contribution is 2.42. The summed E-state index contributed by atoms with van der Waals surface area (Å²) in [6.45, 7) is 0. The second kappa shape index (κ2) is 8.26. The molecule has 4 aromatic rings. The second-order valence-electron chi connectivity index (χ2n) is 8.02. The summed E-state index contributed by atoms with van der Waals surface area (Å²) in [5.74, 6) is -3.58. The molecule has 2 N–H and O–H groups in total. The number of aryl methyl sites for hydroxylation is 1. The van der Waals surface area contributed by atoms with Crippen molar-refractivity contribution in [3.63, 3.8) is 0 Å². The van der Waals surface area contributed by atoms with Crippen LogP contribution in [0.25, 0.3) is 11.0 Å². The number of nitrogens with one attached hydrogen (secondary N) is 2. The van der Waals surface area contributed by atoms with Gasteiger partial charge in [0, 0.05) is 34.4 Å². The number of amides is 2. The predicted molar refractivity (Wildman–Crippen MR) is 119 cm³/mol. The Hall–Kier alpha value is -4.06. The molecule has 2 heterocycles. The molecule has 5 rings (SSSR count). The summed E-state index contributed by atoms with van der Waals surface area (Å²) < 4.78 is 67.4. The first-order chi connectivity index (χ1) is 16.9. The van der Waals surface area contributed by atoms with Gasteiger partial charge in [-0.1, -0.05) is 11.6 Å². The molecule has 0 saturated carbocycles. The van der Waals surface area contributed by atoms with Crippen LogP contribution in [0.3, 0.4) is 0 Å². The summed E-state index contributed by atoms with van der Waals surface area (Å²) >= 11 is 6.26. The van der Waals surface area contributed by atoms with Gasteiger partial charge in [-0.15, -0.1) is 0 Å². The molecule has 0 spiro atoms. The Kier molecular flexibility index (Phi) is 5.43. The minimum absolute atomic E-state index is 0.0236. The number of halogens is 6. The van der Waals surface area contributed by atoms with Crippen LogP contribution in [0.2, 0.25) is 5.02 Å². The Balaban J connectivity index is 1.67. The van der Waals surface area contributed by atoms with E-state index in [9.17, 15) is 31.5 Å². The number of hydrogen-bond donors (Lipinski definition) is 2. The van der Waals surface area contributed by atoms with Crippen molar-refractivity contribution in [1.29, 1.82) is 0 Å². The van der Waals surface area contributed by atoms with Gasteiger partial charge in [0.25, 0.3) is 11.8 Å². The number of carbonyl (C=O) groups excluding carboxylic acids is 2. The van der Waals surface area contributed by atoms with Crippen molar-refractivity contribution in [3.05, 3.63) is 86.9 Å². The van der Waals surface area contributed by atoms with Gasteiger partial charge in [0.15, 0.2) is 0 Å². The van der Waals surface area contributed by atoms with Crippen LogP contribution >= 0.6 is 11.6 Å². The fraction of sp³-hybridized carbons (Fsp3) is 0.130. The lowest BCUT2D eigenvalue weighted by molar-refractivity contribution is -0.137. The Bertz CT molecular complexity index is 1580. The van der Waals surface area contributed by atoms with Crippen LogP contribution in [0.4, 0.5) is 27.6 Å². The largest absolute Gasteiger partial charge is 0.416 e. The zero-order valence-electron chi connectivity index (χ0n) is 18.0. The van der Waals surface area contributed by atoms with E-state index >= 15 is 0 Å². The van der Waals surface area contributed by atoms with Crippen molar-refractivity contribution in [3.8, 4) is 0 Å². The molecule has 0 aliphatic carbocycles. The zero-order chi connectivity index (χ0) is 25.9. The normalized spacial score (nSPS) is 15.2. The van der Waals surface area contributed by atoms with Crippen molar-refractivity contribution in [2.45, 2.75) is 12.2 Å². The van der Waals surface area contributed by atoms with Gasteiger partial charge in [-0.25, -0.2) is 8.78 Å². The molecule has 1 atom stereocenters. The summed E-state index contributed by atoms with van der Waals surface area (Å²) in [6.07, 6.45) is -4.88. The second-order valence-corrected chi connectivity index (χ2v) is 8.43. The molecule has 7 nitrogen and oxygen atoms in total.